The number of thiophene rings is 1. The number of rotatable bonds is 1. The van der Waals surface area contributed by atoms with Gasteiger partial charge in [-0.15, -0.1) is 11.3 Å². The third kappa shape index (κ3) is 1.18. The van der Waals surface area contributed by atoms with Crippen LogP contribution >= 0.6 is 11.3 Å². The molecule has 0 spiro atoms. The smallest absolute Gasteiger partial charge is 0.337 e. The molecule has 0 fully saturated rings. The summed E-state index contributed by atoms with van der Waals surface area (Å²) in [5.74, 6) is -0.961. The van der Waals surface area contributed by atoms with E-state index in [1.165, 1.54) is 17.4 Å². The van der Waals surface area contributed by atoms with Crippen molar-refractivity contribution in [3.05, 3.63) is 23.8 Å². The molecule has 2 aromatic rings. The lowest BCUT2D eigenvalue weighted by atomic mass is 10.1. The van der Waals surface area contributed by atoms with Crippen LogP contribution in [0.2, 0.25) is 0 Å². The number of nitrogens with two attached hydrogens (primary N) is 2. The topological polar surface area (TPSA) is 89.3 Å². The summed E-state index contributed by atoms with van der Waals surface area (Å²) < 4.78 is 0.634. The molecule has 4 nitrogen and oxygen atoms in total. The first-order chi connectivity index (χ1) is 6.59. The predicted molar refractivity (Wildman–Crippen MR) is 57.6 cm³/mol. The van der Waals surface area contributed by atoms with Gasteiger partial charge in [-0.25, -0.2) is 4.79 Å². The SMILES string of the molecule is Nc1cc2c(N)ccc(C(=O)O)c2s1. The van der Waals surface area contributed by atoms with Crippen LogP contribution < -0.4 is 11.5 Å². The number of carbonyl (C=O) groups is 1. The number of hydrogen-bond donors (Lipinski definition) is 3. The molecule has 0 saturated carbocycles. The van der Waals surface area contributed by atoms with E-state index >= 15 is 0 Å². The van der Waals surface area contributed by atoms with Crippen molar-refractivity contribution in [3.8, 4) is 0 Å². The minimum atomic E-state index is -0.961. The number of benzene rings is 1. The molecule has 0 aliphatic heterocycles. The van der Waals surface area contributed by atoms with Crippen LogP contribution in [-0.2, 0) is 0 Å². The molecule has 14 heavy (non-hydrogen) atoms. The summed E-state index contributed by atoms with van der Waals surface area (Å²) in [7, 11) is 0. The summed E-state index contributed by atoms with van der Waals surface area (Å²) >= 11 is 1.24. The number of nitrogen functional groups attached to an aromatic ring is 2. The monoisotopic (exact) mass is 208 g/mol. The second-order valence-electron chi connectivity index (χ2n) is 2.90. The van der Waals surface area contributed by atoms with Gasteiger partial charge in [0.1, 0.15) is 0 Å². The van der Waals surface area contributed by atoms with Gasteiger partial charge in [0.25, 0.3) is 0 Å². The largest absolute Gasteiger partial charge is 0.478 e. The fraction of sp³-hybridized carbons (Fsp3) is 0. The maximum absolute atomic E-state index is 10.9. The Labute approximate surface area is 83.8 Å². The van der Waals surface area contributed by atoms with Crippen molar-refractivity contribution in [2.45, 2.75) is 0 Å². The third-order valence-electron chi connectivity index (χ3n) is 1.97. The minimum Gasteiger partial charge on any atom is -0.478 e. The highest BCUT2D eigenvalue weighted by atomic mass is 32.1. The van der Waals surface area contributed by atoms with Crippen molar-refractivity contribution >= 4 is 38.1 Å². The Balaban J connectivity index is 2.87. The van der Waals surface area contributed by atoms with Crippen molar-refractivity contribution in [2.75, 3.05) is 11.5 Å². The highest BCUT2D eigenvalue weighted by Crippen LogP contribution is 2.34. The summed E-state index contributed by atoms with van der Waals surface area (Å²) in [6.07, 6.45) is 0. The molecule has 1 aromatic heterocycles. The number of hydrogen-bond acceptors (Lipinski definition) is 4. The van der Waals surface area contributed by atoms with Crippen molar-refractivity contribution in [1.82, 2.24) is 0 Å². The molecule has 0 aliphatic rings. The number of anilines is 2. The Morgan fingerprint density at radius 1 is 1.36 bits per heavy atom. The fourth-order valence-corrected chi connectivity index (χ4v) is 2.30. The minimum absolute atomic E-state index is 0.246. The zero-order valence-electron chi connectivity index (χ0n) is 7.15. The van der Waals surface area contributed by atoms with Gasteiger partial charge in [0, 0.05) is 11.1 Å². The van der Waals surface area contributed by atoms with Crippen LogP contribution in [0.4, 0.5) is 10.7 Å². The molecular weight excluding hydrogens is 200 g/mol. The molecule has 1 aromatic carbocycles. The Morgan fingerprint density at radius 3 is 2.71 bits per heavy atom. The van der Waals surface area contributed by atoms with Crippen molar-refractivity contribution in [3.63, 3.8) is 0 Å². The van der Waals surface area contributed by atoms with E-state index in [-0.39, 0.29) is 5.56 Å². The van der Waals surface area contributed by atoms with Crippen LogP contribution in [0.15, 0.2) is 18.2 Å². The maximum Gasteiger partial charge on any atom is 0.337 e. The van der Waals surface area contributed by atoms with Crippen LogP contribution in [0.5, 0.6) is 0 Å². The second kappa shape index (κ2) is 2.88. The van der Waals surface area contributed by atoms with Crippen molar-refractivity contribution in [1.29, 1.82) is 0 Å². The van der Waals surface area contributed by atoms with Crippen molar-refractivity contribution < 1.29 is 9.90 Å². The number of fused-ring (bicyclic) bond motifs is 1. The fourth-order valence-electron chi connectivity index (χ4n) is 1.33. The molecule has 0 saturated heterocycles. The quantitative estimate of drug-likeness (QED) is 0.623. The average molecular weight is 208 g/mol. The number of aromatic carboxylic acids is 1. The molecule has 5 N–H and O–H groups in total. The van der Waals surface area contributed by atoms with E-state index in [0.29, 0.717) is 20.8 Å². The Morgan fingerprint density at radius 2 is 2.07 bits per heavy atom. The van der Waals surface area contributed by atoms with E-state index in [1.807, 2.05) is 0 Å². The van der Waals surface area contributed by atoms with Gasteiger partial charge >= 0.3 is 5.97 Å². The van der Waals surface area contributed by atoms with E-state index in [0.717, 1.165) is 0 Å². The Kier molecular flexibility index (Phi) is 1.82. The van der Waals surface area contributed by atoms with E-state index in [1.54, 1.807) is 12.1 Å². The van der Waals surface area contributed by atoms with E-state index in [4.69, 9.17) is 16.6 Å². The normalized spacial score (nSPS) is 10.6. The summed E-state index contributed by atoms with van der Waals surface area (Å²) in [6, 6.07) is 4.77. The molecule has 0 unspecified atom stereocenters. The lowest BCUT2D eigenvalue weighted by molar-refractivity contribution is 0.0699. The Bertz CT molecular complexity index is 519. The molecule has 1 heterocycles. The van der Waals surface area contributed by atoms with Gasteiger partial charge in [0.2, 0.25) is 0 Å². The van der Waals surface area contributed by atoms with E-state index in [2.05, 4.69) is 0 Å². The molecule has 2 rings (SSSR count). The van der Waals surface area contributed by atoms with Gasteiger partial charge < -0.3 is 16.6 Å². The van der Waals surface area contributed by atoms with Crippen LogP contribution in [0.3, 0.4) is 0 Å². The van der Waals surface area contributed by atoms with Gasteiger partial charge in [-0.3, -0.25) is 0 Å². The average Bonchev–Trinajstić information content (AvgIpc) is 2.47. The predicted octanol–water partition coefficient (Wildman–Crippen LogP) is 1.76. The number of carboxylic acid groups (broad SMARTS) is 1. The summed E-state index contributed by atoms with van der Waals surface area (Å²) in [5, 5.41) is 10.2. The van der Waals surface area contributed by atoms with Gasteiger partial charge in [0.15, 0.2) is 0 Å². The third-order valence-corrected chi connectivity index (χ3v) is 2.96. The molecule has 72 valence electrons. The van der Waals surface area contributed by atoms with Crippen LogP contribution in [0, 0.1) is 0 Å². The van der Waals surface area contributed by atoms with E-state index < -0.39 is 5.97 Å². The first kappa shape index (κ1) is 8.83. The maximum atomic E-state index is 10.9. The zero-order chi connectivity index (χ0) is 10.3. The van der Waals surface area contributed by atoms with Crippen LogP contribution in [-0.4, -0.2) is 11.1 Å². The van der Waals surface area contributed by atoms with E-state index in [9.17, 15) is 4.79 Å². The number of carboxylic acids is 1. The molecule has 5 heteroatoms. The van der Waals surface area contributed by atoms with Gasteiger partial charge in [0.05, 0.1) is 15.3 Å². The molecule has 0 radical (unpaired) electrons. The lowest BCUT2D eigenvalue weighted by Crippen LogP contribution is -1.97. The molecular formula is C9H8N2O2S. The van der Waals surface area contributed by atoms with Gasteiger partial charge in [-0.05, 0) is 18.2 Å². The summed E-state index contributed by atoms with van der Waals surface area (Å²) in [5.41, 5.74) is 12.1. The Hall–Kier alpha value is -1.75. The molecule has 0 aliphatic carbocycles. The molecule has 0 amide bonds. The van der Waals surface area contributed by atoms with Gasteiger partial charge in [-0.1, -0.05) is 0 Å². The first-order valence-electron chi connectivity index (χ1n) is 3.90. The second-order valence-corrected chi connectivity index (χ2v) is 3.98. The first-order valence-corrected chi connectivity index (χ1v) is 4.72. The highest BCUT2D eigenvalue weighted by molar-refractivity contribution is 7.23. The van der Waals surface area contributed by atoms with Crippen LogP contribution in [0.1, 0.15) is 10.4 Å². The molecule has 0 bridgehead atoms. The highest BCUT2D eigenvalue weighted by Gasteiger charge is 2.12. The lowest BCUT2D eigenvalue weighted by Gasteiger charge is -1.99. The summed E-state index contributed by atoms with van der Waals surface area (Å²) in [6.45, 7) is 0. The van der Waals surface area contributed by atoms with Gasteiger partial charge in [-0.2, -0.15) is 0 Å². The molecule has 0 atom stereocenters. The van der Waals surface area contributed by atoms with Crippen molar-refractivity contribution in [2.24, 2.45) is 0 Å². The standard InChI is InChI=1S/C9H8N2O2S/c10-6-2-1-4(9(12)13)8-5(6)3-7(11)14-8/h1-3H,10-11H2,(H,12,13). The zero-order valence-corrected chi connectivity index (χ0v) is 7.97. The van der Waals surface area contributed by atoms with Crippen LogP contribution in [0.25, 0.3) is 10.1 Å². The summed E-state index contributed by atoms with van der Waals surface area (Å²) in [4.78, 5) is 10.9.